The Bertz CT molecular complexity index is 625. The first kappa shape index (κ1) is 20.6. The molecule has 2 aliphatic rings. The summed E-state index contributed by atoms with van der Waals surface area (Å²) in [4.78, 5) is 0. The van der Waals surface area contributed by atoms with E-state index in [2.05, 4.69) is 13.0 Å². The molecule has 0 bridgehead atoms. The van der Waals surface area contributed by atoms with Crippen molar-refractivity contribution in [3.8, 4) is 0 Å². The number of benzene rings is 1. The van der Waals surface area contributed by atoms with E-state index in [9.17, 15) is 8.78 Å². The summed E-state index contributed by atoms with van der Waals surface area (Å²) in [6.45, 7) is 2.21. The molecule has 0 heterocycles. The summed E-state index contributed by atoms with van der Waals surface area (Å²) in [7, 11) is 0. The van der Waals surface area contributed by atoms with E-state index < -0.39 is 11.6 Å². The summed E-state index contributed by atoms with van der Waals surface area (Å²) in [6.07, 6.45) is 18.5. The van der Waals surface area contributed by atoms with Gasteiger partial charge in [-0.1, -0.05) is 82.9 Å². The topological polar surface area (TPSA) is 0 Å². The predicted octanol–water partition coefficient (Wildman–Crippen LogP) is 8.24. The van der Waals surface area contributed by atoms with E-state index in [-0.39, 0.29) is 0 Å². The van der Waals surface area contributed by atoms with Crippen molar-refractivity contribution < 1.29 is 8.78 Å². The quantitative estimate of drug-likeness (QED) is 0.382. The molecule has 1 aromatic carbocycles. The van der Waals surface area contributed by atoms with Gasteiger partial charge in [0.2, 0.25) is 0 Å². The van der Waals surface area contributed by atoms with Crippen molar-refractivity contribution >= 4 is 5.57 Å². The monoisotopic (exact) mass is 374 g/mol. The van der Waals surface area contributed by atoms with Crippen LogP contribution in [0.1, 0.15) is 102 Å². The molecule has 0 aliphatic heterocycles. The van der Waals surface area contributed by atoms with Crippen molar-refractivity contribution in [2.45, 2.75) is 96.8 Å². The molecule has 27 heavy (non-hydrogen) atoms. The van der Waals surface area contributed by atoms with Gasteiger partial charge in [-0.2, -0.15) is 0 Å². The van der Waals surface area contributed by atoms with E-state index in [0.29, 0.717) is 17.5 Å². The van der Waals surface area contributed by atoms with Crippen LogP contribution in [0.5, 0.6) is 0 Å². The van der Waals surface area contributed by atoms with E-state index >= 15 is 0 Å². The smallest absolute Gasteiger partial charge is 0.166 e. The fraction of sp³-hybridized carbons (Fsp3) is 0.680. The minimum Gasteiger partial charge on any atom is -0.203 e. The fourth-order valence-corrected chi connectivity index (χ4v) is 5.06. The Labute approximate surface area is 164 Å². The Hall–Kier alpha value is -1.18. The van der Waals surface area contributed by atoms with Gasteiger partial charge in [-0.3, -0.25) is 0 Å². The molecular formula is C25H36F2. The number of halogens is 2. The molecule has 3 rings (SSSR count). The van der Waals surface area contributed by atoms with Crippen molar-refractivity contribution in [1.82, 2.24) is 0 Å². The molecule has 0 nitrogen and oxygen atoms in total. The zero-order valence-corrected chi connectivity index (χ0v) is 17.0. The number of aryl methyl sites for hydroxylation is 1. The van der Waals surface area contributed by atoms with Gasteiger partial charge >= 0.3 is 0 Å². The van der Waals surface area contributed by atoms with Crippen LogP contribution < -0.4 is 0 Å². The number of unbranched alkanes of at least 4 members (excludes halogenated alkanes) is 2. The summed E-state index contributed by atoms with van der Waals surface area (Å²) >= 11 is 0. The summed E-state index contributed by atoms with van der Waals surface area (Å²) in [5.41, 5.74) is 2.05. The normalized spacial score (nSPS) is 20.9. The first-order valence-corrected chi connectivity index (χ1v) is 11.3. The van der Waals surface area contributed by atoms with E-state index in [0.717, 1.165) is 49.5 Å². The van der Waals surface area contributed by atoms with Crippen molar-refractivity contribution in [3.63, 3.8) is 0 Å². The van der Waals surface area contributed by atoms with Crippen LogP contribution in [-0.2, 0) is 6.42 Å². The Morgan fingerprint density at radius 2 is 1.70 bits per heavy atom. The second kappa shape index (κ2) is 10.4. The number of hydrogen-bond acceptors (Lipinski definition) is 0. The lowest BCUT2D eigenvalue weighted by molar-refractivity contribution is 0.443. The van der Waals surface area contributed by atoms with Gasteiger partial charge in [-0.05, 0) is 55.1 Å². The number of rotatable bonds is 9. The van der Waals surface area contributed by atoms with Gasteiger partial charge in [0.05, 0.1) is 0 Å². The van der Waals surface area contributed by atoms with Crippen molar-refractivity contribution in [2.24, 2.45) is 11.8 Å². The van der Waals surface area contributed by atoms with Crippen LogP contribution in [0.2, 0.25) is 0 Å². The maximum atomic E-state index is 14.7. The van der Waals surface area contributed by atoms with Crippen LogP contribution in [0.4, 0.5) is 8.78 Å². The first-order chi connectivity index (χ1) is 13.2. The second-order valence-corrected chi connectivity index (χ2v) is 8.81. The molecule has 2 heteroatoms. The molecule has 1 saturated carbocycles. The molecule has 0 saturated heterocycles. The lowest BCUT2D eigenvalue weighted by Gasteiger charge is -2.22. The molecule has 150 valence electrons. The lowest BCUT2D eigenvalue weighted by atomic mass is 9.84. The summed E-state index contributed by atoms with van der Waals surface area (Å²) in [6, 6.07) is 3.64. The van der Waals surface area contributed by atoms with Gasteiger partial charge in [0.15, 0.2) is 11.6 Å². The molecule has 1 atom stereocenters. The lowest BCUT2D eigenvalue weighted by Crippen LogP contribution is -2.07. The minimum atomic E-state index is -0.626. The maximum absolute atomic E-state index is 14.7. The number of allylic oxidation sites excluding steroid dienone is 2. The van der Waals surface area contributed by atoms with Crippen LogP contribution in [0, 0.1) is 23.5 Å². The van der Waals surface area contributed by atoms with Crippen LogP contribution in [0.15, 0.2) is 18.2 Å². The third-order valence-corrected chi connectivity index (χ3v) is 6.76. The standard InChI is InChI=1S/C25H36F2/c1-2-8-19-13-15-21(16-14-19)23-18-17-22(24(26)25(23)27)12-5-3-4-9-20-10-6-7-11-20/h15,17-20H,2-14,16H2,1H3. The average molecular weight is 375 g/mol. The second-order valence-electron chi connectivity index (χ2n) is 8.81. The average Bonchev–Trinajstić information content (AvgIpc) is 3.19. The molecule has 1 fully saturated rings. The van der Waals surface area contributed by atoms with Crippen LogP contribution >= 0.6 is 0 Å². The van der Waals surface area contributed by atoms with Crippen LogP contribution in [0.25, 0.3) is 5.57 Å². The Morgan fingerprint density at radius 3 is 2.41 bits per heavy atom. The van der Waals surface area contributed by atoms with Gasteiger partial charge in [0.25, 0.3) is 0 Å². The largest absolute Gasteiger partial charge is 0.203 e. The molecule has 0 radical (unpaired) electrons. The maximum Gasteiger partial charge on any atom is 0.166 e. The van der Waals surface area contributed by atoms with E-state index in [1.165, 1.54) is 51.4 Å². The van der Waals surface area contributed by atoms with Crippen molar-refractivity contribution in [2.75, 3.05) is 0 Å². The molecule has 0 spiro atoms. The third-order valence-electron chi connectivity index (χ3n) is 6.76. The fourth-order valence-electron chi connectivity index (χ4n) is 5.06. The highest BCUT2D eigenvalue weighted by Crippen LogP contribution is 2.35. The summed E-state index contributed by atoms with van der Waals surface area (Å²) < 4.78 is 29.2. The molecular weight excluding hydrogens is 338 g/mol. The Kier molecular flexibility index (Phi) is 7.91. The van der Waals surface area contributed by atoms with Crippen LogP contribution in [0.3, 0.4) is 0 Å². The summed E-state index contributed by atoms with van der Waals surface area (Å²) in [5.74, 6) is 0.410. The molecule has 0 N–H and O–H groups in total. The number of hydrogen-bond donors (Lipinski definition) is 0. The molecule has 1 aromatic rings. The first-order valence-electron chi connectivity index (χ1n) is 11.3. The Morgan fingerprint density at radius 1 is 0.889 bits per heavy atom. The third kappa shape index (κ3) is 5.65. The van der Waals surface area contributed by atoms with Crippen LogP contribution in [-0.4, -0.2) is 0 Å². The predicted molar refractivity (Wildman–Crippen MR) is 111 cm³/mol. The zero-order chi connectivity index (χ0) is 19.1. The highest BCUT2D eigenvalue weighted by Gasteiger charge is 2.20. The van der Waals surface area contributed by atoms with Crippen molar-refractivity contribution in [3.05, 3.63) is 41.0 Å². The molecule has 0 aromatic heterocycles. The minimum absolute atomic E-state index is 0.493. The van der Waals surface area contributed by atoms with E-state index in [1.54, 1.807) is 0 Å². The van der Waals surface area contributed by atoms with Gasteiger partial charge in [-0.15, -0.1) is 0 Å². The van der Waals surface area contributed by atoms with Gasteiger partial charge in [-0.25, -0.2) is 8.78 Å². The van der Waals surface area contributed by atoms with Gasteiger partial charge in [0, 0.05) is 5.56 Å². The summed E-state index contributed by atoms with van der Waals surface area (Å²) in [5, 5.41) is 0. The molecule has 1 unspecified atom stereocenters. The van der Waals surface area contributed by atoms with E-state index in [4.69, 9.17) is 0 Å². The SMILES string of the molecule is CCCC1CC=C(c2ccc(CCCCCC3CCCC3)c(F)c2F)CC1. The molecule has 2 aliphatic carbocycles. The van der Waals surface area contributed by atoms with Gasteiger partial charge < -0.3 is 0 Å². The zero-order valence-electron chi connectivity index (χ0n) is 17.0. The molecule has 0 amide bonds. The van der Waals surface area contributed by atoms with E-state index in [1.807, 2.05) is 12.1 Å². The highest BCUT2D eigenvalue weighted by atomic mass is 19.2. The Balaban J connectivity index is 1.50. The van der Waals surface area contributed by atoms with Gasteiger partial charge in [0.1, 0.15) is 0 Å². The highest BCUT2D eigenvalue weighted by molar-refractivity contribution is 5.67. The van der Waals surface area contributed by atoms with Crippen molar-refractivity contribution in [1.29, 1.82) is 0 Å².